The summed E-state index contributed by atoms with van der Waals surface area (Å²) in [5.74, 6) is 0.860. The maximum Gasteiger partial charge on any atom is 0.310 e. The van der Waals surface area contributed by atoms with Gasteiger partial charge in [0.15, 0.2) is 0 Å². The van der Waals surface area contributed by atoms with Crippen molar-refractivity contribution in [2.45, 2.75) is 72.5 Å². The molecule has 0 N–H and O–H groups in total. The molecule has 3 aliphatic rings. The standard InChI is InChI=1S/C21H34O3S2/c1-19(2,3)12-24-18(25)26-14-10-15-20(4,5)8-7-9-21(15,6)13-11-23-17(22)16(13)14/h13-16H,7-12H2,1-6H3/t13-,14+,15?,16+,21+/m0/s1. The Morgan fingerprint density at radius 1 is 1.31 bits per heavy atom. The monoisotopic (exact) mass is 398 g/mol. The van der Waals surface area contributed by atoms with Crippen LogP contribution in [-0.4, -0.2) is 28.8 Å². The van der Waals surface area contributed by atoms with Crippen LogP contribution in [0.15, 0.2) is 0 Å². The Kier molecular flexibility index (Phi) is 5.46. The zero-order valence-corrected chi connectivity index (χ0v) is 18.7. The molecular formula is C21H34O3S2. The molecule has 0 bridgehead atoms. The molecule has 3 fully saturated rings. The molecule has 0 aromatic heterocycles. The molecule has 2 saturated carbocycles. The Morgan fingerprint density at radius 2 is 2.00 bits per heavy atom. The van der Waals surface area contributed by atoms with Gasteiger partial charge in [-0.3, -0.25) is 4.79 Å². The number of carbonyl (C=O) groups is 1. The van der Waals surface area contributed by atoms with Crippen LogP contribution >= 0.6 is 24.0 Å². The molecule has 26 heavy (non-hydrogen) atoms. The van der Waals surface area contributed by atoms with Gasteiger partial charge in [-0.15, -0.1) is 0 Å². The summed E-state index contributed by atoms with van der Waals surface area (Å²) in [6, 6.07) is 0. The average Bonchev–Trinajstić information content (AvgIpc) is 2.89. The maximum absolute atomic E-state index is 12.6. The molecule has 5 atom stereocenters. The summed E-state index contributed by atoms with van der Waals surface area (Å²) in [5.41, 5.74) is 0.579. The number of thiocarbonyl (C=S) groups is 1. The van der Waals surface area contributed by atoms with Crippen LogP contribution in [0, 0.1) is 34.0 Å². The van der Waals surface area contributed by atoms with Gasteiger partial charge in [-0.25, -0.2) is 0 Å². The van der Waals surface area contributed by atoms with E-state index in [4.69, 9.17) is 21.7 Å². The van der Waals surface area contributed by atoms with Crippen molar-refractivity contribution in [2.75, 3.05) is 13.2 Å². The molecule has 1 unspecified atom stereocenters. The number of fused-ring (bicyclic) bond motifs is 3. The van der Waals surface area contributed by atoms with Crippen molar-refractivity contribution < 1.29 is 14.3 Å². The Morgan fingerprint density at radius 3 is 2.65 bits per heavy atom. The van der Waals surface area contributed by atoms with Crippen LogP contribution in [0.5, 0.6) is 0 Å². The van der Waals surface area contributed by atoms with Gasteiger partial charge in [0.1, 0.15) is 0 Å². The van der Waals surface area contributed by atoms with E-state index in [-0.39, 0.29) is 28.0 Å². The van der Waals surface area contributed by atoms with Crippen LogP contribution < -0.4 is 0 Å². The molecule has 1 aliphatic heterocycles. The number of hydrogen-bond acceptors (Lipinski definition) is 5. The first kappa shape index (κ1) is 20.4. The molecule has 0 spiro atoms. The highest BCUT2D eigenvalue weighted by atomic mass is 32.2. The van der Waals surface area contributed by atoms with Crippen LogP contribution in [0.3, 0.4) is 0 Å². The number of esters is 1. The van der Waals surface area contributed by atoms with Crippen molar-refractivity contribution >= 4 is 34.3 Å². The molecule has 5 heteroatoms. The Hall–Kier alpha value is -0.290. The van der Waals surface area contributed by atoms with Crippen molar-refractivity contribution in [3.8, 4) is 0 Å². The highest BCUT2D eigenvalue weighted by Gasteiger charge is 2.62. The van der Waals surface area contributed by atoms with E-state index in [0.29, 0.717) is 34.8 Å². The van der Waals surface area contributed by atoms with E-state index in [1.807, 2.05) is 0 Å². The quantitative estimate of drug-likeness (QED) is 0.456. The molecule has 2 aliphatic carbocycles. The van der Waals surface area contributed by atoms with E-state index in [9.17, 15) is 4.79 Å². The zero-order chi connectivity index (χ0) is 19.3. The molecule has 3 nitrogen and oxygen atoms in total. The highest BCUT2D eigenvalue weighted by molar-refractivity contribution is 8.23. The van der Waals surface area contributed by atoms with Gasteiger partial charge in [0, 0.05) is 11.2 Å². The summed E-state index contributed by atoms with van der Waals surface area (Å²) < 4.78 is 12.0. The smallest absolute Gasteiger partial charge is 0.310 e. The van der Waals surface area contributed by atoms with Gasteiger partial charge in [0.05, 0.1) is 19.1 Å². The zero-order valence-electron chi connectivity index (χ0n) is 17.1. The van der Waals surface area contributed by atoms with Gasteiger partial charge >= 0.3 is 5.97 Å². The van der Waals surface area contributed by atoms with Gasteiger partial charge in [-0.1, -0.05) is 59.7 Å². The lowest BCUT2D eigenvalue weighted by molar-refractivity contribution is -0.142. The summed E-state index contributed by atoms with van der Waals surface area (Å²) in [6.45, 7) is 14.8. The number of rotatable bonds is 2. The van der Waals surface area contributed by atoms with E-state index in [0.717, 1.165) is 6.42 Å². The normalized spacial score (nSPS) is 38.9. The van der Waals surface area contributed by atoms with Crippen molar-refractivity contribution in [1.29, 1.82) is 0 Å². The lowest BCUT2D eigenvalue weighted by Gasteiger charge is -2.58. The third kappa shape index (κ3) is 3.80. The molecular weight excluding hydrogens is 364 g/mol. The molecule has 148 valence electrons. The van der Waals surface area contributed by atoms with Crippen LogP contribution in [0.25, 0.3) is 0 Å². The second-order valence-corrected chi connectivity index (χ2v) is 12.5. The van der Waals surface area contributed by atoms with E-state index in [1.54, 1.807) is 11.8 Å². The second-order valence-electron chi connectivity index (χ2n) is 10.7. The van der Waals surface area contributed by atoms with Crippen molar-refractivity contribution in [3.05, 3.63) is 0 Å². The van der Waals surface area contributed by atoms with E-state index in [1.165, 1.54) is 19.3 Å². The largest absolute Gasteiger partial charge is 0.478 e. The average molecular weight is 399 g/mol. The minimum atomic E-state index is -0.0358. The second kappa shape index (κ2) is 6.95. The summed E-state index contributed by atoms with van der Waals surface area (Å²) in [5, 5.41) is 0.179. The molecule has 0 aromatic carbocycles. The fourth-order valence-corrected chi connectivity index (χ4v) is 7.22. The van der Waals surface area contributed by atoms with Gasteiger partial charge in [0.2, 0.25) is 4.38 Å². The van der Waals surface area contributed by atoms with Crippen LogP contribution in [-0.2, 0) is 14.3 Å². The minimum Gasteiger partial charge on any atom is -0.478 e. The van der Waals surface area contributed by atoms with Gasteiger partial charge < -0.3 is 9.47 Å². The van der Waals surface area contributed by atoms with Gasteiger partial charge in [-0.05, 0) is 53.6 Å². The molecule has 1 heterocycles. The third-order valence-corrected chi connectivity index (χ3v) is 8.48. The fourth-order valence-electron chi connectivity index (χ4n) is 5.68. The number of cyclic esters (lactones) is 1. The fraction of sp³-hybridized carbons (Fsp3) is 0.905. The van der Waals surface area contributed by atoms with Crippen LogP contribution in [0.4, 0.5) is 0 Å². The minimum absolute atomic E-state index is 0.0193. The number of hydrogen-bond donors (Lipinski definition) is 0. The third-order valence-electron chi connectivity index (χ3n) is 6.97. The van der Waals surface area contributed by atoms with E-state index in [2.05, 4.69) is 41.5 Å². The lowest BCUT2D eigenvalue weighted by Crippen LogP contribution is -2.55. The topological polar surface area (TPSA) is 35.5 Å². The molecule has 1 saturated heterocycles. The van der Waals surface area contributed by atoms with Gasteiger partial charge in [-0.2, -0.15) is 0 Å². The summed E-state index contributed by atoms with van der Waals surface area (Å²) in [6.07, 6.45) is 4.76. The summed E-state index contributed by atoms with van der Waals surface area (Å²) in [7, 11) is 0. The Bertz CT molecular complexity index is 580. The van der Waals surface area contributed by atoms with E-state index < -0.39 is 0 Å². The number of carbonyl (C=O) groups excluding carboxylic acids is 1. The predicted molar refractivity (Wildman–Crippen MR) is 111 cm³/mol. The number of thioether (sulfide) groups is 1. The Balaban J connectivity index is 1.80. The SMILES string of the molecule is CC(C)(C)COC(=S)S[C@@H]1CC2C(C)(C)CCC[C@]2(C)[C@H]2COC(=O)[C@@H]12. The van der Waals surface area contributed by atoms with Gasteiger partial charge in [0.25, 0.3) is 0 Å². The molecule has 3 rings (SSSR count). The molecule has 0 amide bonds. The number of ether oxygens (including phenoxy) is 2. The summed E-state index contributed by atoms with van der Waals surface area (Å²) in [4.78, 5) is 12.6. The lowest BCUT2D eigenvalue weighted by atomic mass is 9.47. The summed E-state index contributed by atoms with van der Waals surface area (Å²) >= 11 is 7.13. The Labute approximate surface area is 168 Å². The maximum atomic E-state index is 12.6. The first-order valence-electron chi connectivity index (χ1n) is 9.94. The molecule has 0 aromatic rings. The van der Waals surface area contributed by atoms with Crippen molar-refractivity contribution in [2.24, 2.45) is 34.0 Å². The predicted octanol–water partition coefficient (Wildman–Crippen LogP) is 5.46. The van der Waals surface area contributed by atoms with Crippen molar-refractivity contribution in [3.63, 3.8) is 0 Å². The first-order chi connectivity index (χ1) is 11.9. The van der Waals surface area contributed by atoms with Crippen LogP contribution in [0.1, 0.15) is 67.2 Å². The first-order valence-corrected chi connectivity index (χ1v) is 11.2. The van der Waals surface area contributed by atoms with E-state index >= 15 is 0 Å². The highest BCUT2D eigenvalue weighted by Crippen LogP contribution is 2.64. The van der Waals surface area contributed by atoms with Crippen LogP contribution in [0.2, 0.25) is 0 Å². The van der Waals surface area contributed by atoms with Crippen molar-refractivity contribution in [1.82, 2.24) is 0 Å². The molecule has 0 radical (unpaired) electrons.